The largest absolute Gasteiger partial charge is 0.497 e. The summed E-state index contributed by atoms with van der Waals surface area (Å²) < 4.78 is 6.99. The lowest BCUT2D eigenvalue weighted by molar-refractivity contribution is -0.121. The first-order valence-corrected chi connectivity index (χ1v) is 10.2. The summed E-state index contributed by atoms with van der Waals surface area (Å²) in [7, 11) is 1.65. The number of nitrogens with one attached hydrogen (secondary N) is 1. The van der Waals surface area contributed by atoms with Crippen molar-refractivity contribution in [3.05, 3.63) is 50.6 Å². The zero-order valence-corrected chi connectivity index (χ0v) is 17.3. The molecule has 1 unspecified atom stereocenters. The number of carbonyl (C=O) groups is 1. The highest BCUT2D eigenvalue weighted by Crippen LogP contribution is 2.23. The number of aromatic nitrogens is 1. The van der Waals surface area contributed by atoms with E-state index in [0.717, 1.165) is 30.1 Å². The number of likely N-dealkylation sites (N-methyl/N-ethyl adjacent to an activating group) is 1. The number of methoxy groups -OCH3 is 1. The molecule has 1 amide bonds. The van der Waals surface area contributed by atoms with Gasteiger partial charge in [0.1, 0.15) is 5.75 Å². The minimum absolute atomic E-state index is 0.0160. The summed E-state index contributed by atoms with van der Waals surface area (Å²) in [5.41, 5.74) is 2.01. The number of amides is 1. The van der Waals surface area contributed by atoms with Gasteiger partial charge in [-0.05, 0) is 37.7 Å². The second-order valence-corrected chi connectivity index (χ2v) is 7.18. The van der Waals surface area contributed by atoms with Crippen molar-refractivity contribution in [3.63, 3.8) is 0 Å². The number of thiazole rings is 1. The van der Waals surface area contributed by atoms with Crippen LogP contribution < -0.4 is 14.9 Å². The summed E-state index contributed by atoms with van der Waals surface area (Å²) >= 11 is 1.17. The van der Waals surface area contributed by atoms with Crippen LogP contribution in [0.4, 0.5) is 0 Å². The molecule has 1 aromatic heterocycles. The van der Waals surface area contributed by atoms with E-state index < -0.39 is 0 Å². The topological polar surface area (TPSA) is 63.6 Å². The van der Waals surface area contributed by atoms with E-state index in [-0.39, 0.29) is 16.8 Å². The fraction of sp³-hybridized carbons (Fsp3) is 0.500. The van der Waals surface area contributed by atoms with Crippen molar-refractivity contribution in [2.45, 2.75) is 39.8 Å². The smallest absolute Gasteiger partial charge is 0.307 e. The first kappa shape index (κ1) is 21.2. The molecule has 0 saturated carbocycles. The number of rotatable bonds is 10. The summed E-state index contributed by atoms with van der Waals surface area (Å²) in [5.74, 6) is 0.760. The van der Waals surface area contributed by atoms with Crippen LogP contribution in [-0.4, -0.2) is 42.1 Å². The van der Waals surface area contributed by atoms with Crippen molar-refractivity contribution in [2.75, 3.05) is 26.7 Å². The lowest BCUT2D eigenvalue weighted by atomic mass is 10.0. The maximum Gasteiger partial charge on any atom is 0.307 e. The van der Waals surface area contributed by atoms with E-state index in [9.17, 15) is 9.59 Å². The molecule has 0 aliphatic carbocycles. The molecule has 0 aliphatic heterocycles. The highest BCUT2D eigenvalue weighted by molar-refractivity contribution is 7.07. The fourth-order valence-corrected chi connectivity index (χ4v) is 3.92. The molecule has 148 valence electrons. The molecule has 6 nitrogen and oxygen atoms in total. The van der Waals surface area contributed by atoms with E-state index >= 15 is 0 Å². The number of benzene rings is 1. The van der Waals surface area contributed by atoms with E-state index in [4.69, 9.17) is 4.74 Å². The van der Waals surface area contributed by atoms with Crippen LogP contribution >= 0.6 is 11.3 Å². The van der Waals surface area contributed by atoms with Gasteiger partial charge < -0.3 is 14.6 Å². The molecule has 0 spiro atoms. The van der Waals surface area contributed by atoms with Gasteiger partial charge in [-0.15, -0.1) is 0 Å². The number of ether oxygens (including phenoxy) is 1. The maximum atomic E-state index is 12.4. The summed E-state index contributed by atoms with van der Waals surface area (Å²) in [6, 6.07) is 8.04. The van der Waals surface area contributed by atoms with Gasteiger partial charge in [0.15, 0.2) is 0 Å². The maximum absolute atomic E-state index is 12.4. The van der Waals surface area contributed by atoms with Crippen LogP contribution in [-0.2, 0) is 11.3 Å². The number of hydrogen-bond acceptors (Lipinski definition) is 5. The third-order valence-corrected chi connectivity index (χ3v) is 5.64. The molecule has 2 rings (SSSR count). The van der Waals surface area contributed by atoms with Crippen molar-refractivity contribution in [1.29, 1.82) is 0 Å². The number of carbonyl (C=O) groups excluding carboxylic acids is 1. The van der Waals surface area contributed by atoms with Gasteiger partial charge in [0.2, 0.25) is 5.91 Å². The Balaban J connectivity index is 2.02. The number of nitrogens with zero attached hydrogens (tertiary/aromatic N) is 2. The average molecular weight is 392 g/mol. The third-order valence-electron chi connectivity index (χ3n) is 4.76. The Bertz CT molecular complexity index is 796. The molecular weight excluding hydrogens is 362 g/mol. The molecule has 27 heavy (non-hydrogen) atoms. The van der Waals surface area contributed by atoms with Gasteiger partial charge in [-0.25, -0.2) is 0 Å². The van der Waals surface area contributed by atoms with Crippen molar-refractivity contribution in [3.8, 4) is 5.75 Å². The first-order chi connectivity index (χ1) is 13.0. The highest BCUT2D eigenvalue weighted by atomic mass is 32.1. The van der Waals surface area contributed by atoms with Crippen LogP contribution in [0.3, 0.4) is 0 Å². The summed E-state index contributed by atoms with van der Waals surface area (Å²) in [6.07, 6.45) is 0.292. The van der Waals surface area contributed by atoms with Gasteiger partial charge in [0, 0.05) is 30.6 Å². The Morgan fingerprint density at radius 3 is 2.67 bits per heavy atom. The quantitative estimate of drug-likeness (QED) is 0.676. The van der Waals surface area contributed by atoms with Crippen LogP contribution in [0.25, 0.3) is 0 Å². The zero-order chi connectivity index (χ0) is 19.8. The lowest BCUT2D eigenvalue weighted by Crippen LogP contribution is -2.38. The molecule has 0 fully saturated rings. The van der Waals surface area contributed by atoms with Gasteiger partial charge in [0.05, 0.1) is 13.2 Å². The number of aryl methyl sites for hydroxylation is 1. The molecule has 0 radical (unpaired) electrons. The molecule has 1 heterocycles. The molecule has 1 aromatic carbocycles. The van der Waals surface area contributed by atoms with Crippen LogP contribution in [0.5, 0.6) is 5.75 Å². The SMILES string of the molecule is CCN(CC)C(CNC(=O)CCn1c(C)csc1=O)c1cccc(OC)c1. The Labute approximate surface area is 164 Å². The second-order valence-electron chi connectivity index (χ2n) is 6.36. The third kappa shape index (κ3) is 5.68. The van der Waals surface area contributed by atoms with E-state index in [2.05, 4.69) is 30.1 Å². The molecule has 0 bridgehead atoms. The molecule has 2 aromatic rings. The van der Waals surface area contributed by atoms with Gasteiger partial charge in [-0.1, -0.05) is 37.3 Å². The summed E-state index contributed by atoms with van der Waals surface area (Å²) in [4.78, 5) is 26.4. The lowest BCUT2D eigenvalue weighted by Gasteiger charge is -2.30. The van der Waals surface area contributed by atoms with Crippen LogP contribution in [0.15, 0.2) is 34.4 Å². The van der Waals surface area contributed by atoms with Crippen molar-refractivity contribution < 1.29 is 9.53 Å². The van der Waals surface area contributed by atoms with Crippen molar-refractivity contribution in [2.24, 2.45) is 0 Å². The Morgan fingerprint density at radius 2 is 2.07 bits per heavy atom. The van der Waals surface area contributed by atoms with E-state index in [1.807, 2.05) is 30.5 Å². The molecule has 1 atom stereocenters. The molecule has 0 aliphatic rings. The minimum atomic E-state index is -0.0486. The second kappa shape index (κ2) is 10.3. The Morgan fingerprint density at radius 1 is 1.33 bits per heavy atom. The molecule has 0 saturated heterocycles. The summed E-state index contributed by atoms with van der Waals surface area (Å²) in [5, 5.41) is 4.85. The molecular formula is C20H29N3O3S. The van der Waals surface area contributed by atoms with Crippen molar-refractivity contribution in [1.82, 2.24) is 14.8 Å². The highest BCUT2D eigenvalue weighted by Gasteiger charge is 2.19. The molecule has 1 N–H and O–H groups in total. The van der Waals surface area contributed by atoms with Crippen molar-refractivity contribution >= 4 is 17.2 Å². The number of hydrogen-bond donors (Lipinski definition) is 1. The zero-order valence-electron chi connectivity index (χ0n) is 16.5. The van der Waals surface area contributed by atoms with E-state index in [1.54, 1.807) is 11.7 Å². The Kier molecular flexibility index (Phi) is 8.06. The minimum Gasteiger partial charge on any atom is -0.497 e. The van der Waals surface area contributed by atoms with Crippen LogP contribution in [0.2, 0.25) is 0 Å². The predicted octanol–water partition coefficient (Wildman–Crippen LogP) is 2.82. The normalized spacial score (nSPS) is 12.2. The van der Waals surface area contributed by atoms with Crippen LogP contribution in [0, 0.1) is 6.92 Å². The van der Waals surface area contributed by atoms with Gasteiger partial charge >= 0.3 is 4.87 Å². The monoisotopic (exact) mass is 391 g/mol. The Hall–Kier alpha value is -2.12. The molecule has 7 heteroatoms. The fourth-order valence-electron chi connectivity index (χ4n) is 3.16. The van der Waals surface area contributed by atoms with Gasteiger partial charge in [0.25, 0.3) is 0 Å². The summed E-state index contributed by atoms with van der Waals surface area (Å²) in [6.45, 7) is 8.82. The van der Waals surface area contributed by atoms with Crippen LogP contribution in [0.1, 0.15) is 37.6 Å². The van der Waals surface area contributed by atoms with E-state index in [0.29, 0.717) is 19.5 Å². The standard InChI is InChI=1S/C20H29N3O3S/c1-5-22(6-2)18(16-8-7-9-17(12-16)26-4)13-21-19(24)10-11-23-15(3)14-27-20(23)25/h7-9,12,14,18H,5-6,10-11,13H2,1-4H3,(H,21,24). The van der Waals surface area contributed by atoms with Gasteiger partial charge in [-0.3, -0.25) is 14.5 Å². The van der Waals surface area contributed by atoms with Gasteiger partial charge in [-0.2, -0.15) is 0 Å². The first-order valence-electron chi connectivity index (χ1n) is 9.29. The average Bonchev–Trinajstić information content (AvgIpc) is 3.01. The van der Waals surface area contributed by atoms with E-state index in [1.165, 1.54) is 11.3 Å². The predicted molar refractivity (Wildman–Crippen MR) is 110 cm³/mol.